The lowest BCUT2D eigenvalue weighted by Gasteiger charge is -1.99. The zero-order chi connectivity index (χ0) is 14.8. The van der Waals surface area contributed by atoms with Crippen molar-refractivity contribution in [3.63, 3.8) is 0 Å². The Kier molecular flexibility index (Phi) is 3.50. The van der Waals surface area contributed by atoms with Gasteiger partial charge in [0.1, 0.15) is 11.6 Å². The van der Waals surface area contributed by atoms with Crippen molar-refractivity contribution in [1.29, 1.82) is 0 Å². The summed E-state index contributed by atoms with van der Waals surface area (Å²) in [6.45, 7) is 0.125. The van der Waals surface area contributed by atoms with Crippen LogP contribution in [0.2, 0.25) is 0 Å². The number of rotatable bonds is 3. The van der Waals surface area contributed by atoms with Crippen LogP contribution in [-0.4, -0.2) is 10.2 Å². The molecule has 0 fully saturated rings. The van der Waals surface area contributed by atoms with Gasteiger partial charge in [0.15, 0.2) is 0 Å². The van der Waals surface area contributed by atoms with E-state index in [9.17, 15) is 8.78 Å². The van der Waals surface area contributed by atoms with E-state index in [-0.39, 0.29) is 18.2 Å². The fourth-order valence-electron chi connectivity index (χ4n) is 2.17. The Hall–Kier alpha value is -2.53. The summed E-state index contributed by atoms with van der Waals surface area (Å²) >= 11 is 0. The van der Waals surface area contributed by atoms with Crippen molar-refractivity contribution < 1.29 is 8.78 Å². The molecular formula is C16H13F2N3. The third-order valence-corrected chi connectivity index (χ3v) is 3.26. The first-order chi connectivity index (χ1) is 10.2. The molecular weight excluding hydrogens is 272 g/mol. The van der Waals surface area contributed by atoms with Crippen LogP contribution in [-0.2, 0) is 6.54 Å². The van der Waals surface area contributed by atoms with Gasteiger partial charge in [-0.05, 0) is 35.9 Å². The number of benzene rings is 2. The van der Waals surface area contributed by atoms with Gasteiger partial charge in [-0.1, -0.05) is 18.2 Å². The van der Waals surface area contributed by atoms with Crippen molar-refractivity contribution >= 4 is 23.1 Å². The number of halogens is 2. The highest BCUT2D eigenvalue weighted by molar-refractivity contribution is 5.89. The first-order valence-corrected chi connectivity index (χ1v) is 6.47. The molecule has 0 saturated carbocycles. The molecule has 0 atom stereocenters. The number of nitrogens with one attached hydrogen (secondary N) is 1. The fraction of sp³-hybridized carbons (Fsp3) is 0.0625. The molecule has 3 rings (SSSR count). The van der Waals surface area contributed by atoms with Gasteiger partial charge >= 0.3 is 0 Å². The van der Waals surface area contributed by atoms with Gasteiger partial charge < -0.3 is 5.73 Å². The maximum absolute atomic E-state index is 13.6. The number of hydrogen-bond donors (Lipinski definition) is 2. The van der Waals surface area contributed by atoms with Crippen LogP contribution in [0.15, 0.2) is 36.4 Å². The number of nitrogens with two attached hydrogens (primary N) is 1. The second-order valence-corrected chi connectivity index (χ2v) is 4.69. The summed E-state index contributed by atoms with van der Waals surface area (Å²) in [5, 5.41) is 7.69. The average molecular weight is 285 g/mol. The number of nitrogens with zero attached hydrogens (tertiary/aromatic N) is 1. The molecule has 0 radical (unpaired) electrons. The van der Waals surface area contributed by atoms with Crippen molar-refractivity contribution in [1.82, 2.24) is 10.2 Å². The summed E-state index contributed by atoms with van der Waals surface area (Å²) in [7, 11) is 0. The predicted molar refractivity (Wildman–Crippen MR) is 79.3 cm³/mol. The Labute approximate surface area is 120 Å². The minimum atomic E-state index is -0.352. The summed E-state index contributed by atoms with van der Waals surface area (Å²) in [6.07, 6.45) is 3.51. The molecule has 106 valence electrons. The van der Waals surface area contributed by atoms with Crippen LogP contribution in [0.3, 0.4) is 0 Å². The minimum absolute atomic E-state index is 0.125. The molecule has 21 heavy (non-hydrogen) atoms. The third kappa shape index (κ3) is 2.68. The standard InChI is InChI=1S/C16H13F2N3/c17-12-3-1-2-10(6-12)4-5-15-13-7-11(9-19)14(18)8-16(13)21-20-15/h1-8H,9,19H2,(H,20,21). The van der Waals surface area contributed by atoms with E-state index in [1.807, 2.05) is 0 Å². The number of hydrogen-bond acceptors (Lipinski definition) is 2. The van der Waals surface area contributed by atoms with Crippen LogP contribution in [0.5, 0.6) is 0 Å². The molecule has 1 heterocycles. The number of aromatic amines is 1. The number of H-pyrrole nitrogens is 1. The zero-order valence-corrected chi connectivity index (χ0v) is 11.1. The smallest absolute Gasteiger partial charge is 0.129 e. The van der Waals surface area contributed by atoms with Crippen LogP contribution < -0.4 is 5.73 Å². The van der Waals surface area contributed by atoms with Crippen molar-refractivity contribution in [2.24, 2.45) is 5.73 Å². The molecule has 0 amide bonds. The number of aromatic nitrogens is 2. The second-order valence-electron chi connectivity index (χ2n) is 4.69. The van der Waals surface area contributed by atoms with E-state index in [2.05, 4.69) is 10.2 Å². The SMILES string of the molecule is NCc1cc2c(C=Cc3cccc(F)c3)n[nH]c2cc1F. The lowest BCUT2D eigenvalue weighted by molar-refractivity contribution is 0.612. The first-order valence-electron chi connectivity index (χ1n) is 6.47. The fourth-order valence-corrected chi connectivity index (χ4v) is 2.17. The van der Waals surface area contributed by atoms with Crippen molar-refractivity contribution in [3.05, 3.63) is 64.9 Å². The topological polar surface area (TPSA) is 54.7 Å². The molecule has 0 spiro atoms. The first kappa shape index (κ1) is 13.5. The van der Waals surface area contributed by atoms with Crippen LogP contribution in [0, 0.1) is 11.6 Å². The van der Waals surface area contributed by atoms with Gasteiger partial charge in [0.2, 0.25) is 0 Å². The highest BCUT2D eigenvalue weighted by Gasteiger charge is 2.08. The normalized spacial score (nSPS) is 11.6. The van der Waals surface area contributed by atoms with E-state index < -0.39 is 0 Å². The molecule has 0 saturated heterocycles. The van der Waals surface area contributed by atoms with Gasteiger partial charge in [-0.25, -0.2) is 8.78 Å². The van der Waals surface area contributed by atoms with Crippen molar-refractivity contribution in [3.8, 4) is 0 Å². The van der Waals surface area contributed by atoms with Crippen LogP contribution in [0.4, 0.5) is 8.78 Å². The van der Waals surface area contributed by atoms with Crippen LogP contribution >= 0.6 is 0 Å². The summed E-state index contributed by atoms with van der Waals surface area (Å²) in [6, 6.07) is 9.30. The molecule has 0 aliphatic heterocycles. The maximum atomic E-state index is 13.6. The Morgan fingerprint density at radius 2 is 2.00 bits per heavy atom. The van der Waals surface area contributed by atoms with E-state index >= 15 is 0 Å². The van der Waals surface area contributed by atoms with Gasteiger partial charge in [-0.3, -0.25) is 5.10 Å². The molecule has 1 aromatic heterocycles. The molecule has 3 nitrogen and oxygen atoms in total. The summed E-state index contributed by atoms with van der Waals surface area (Å²) in [5.74, 6) is -0.647. The molecule has 0 bridgehead atoms. The molecule has 0 unspecified atom stereocenters. The molecule has 2 aromatic carbocycles. The van der Waals surface area contributed by atoms with Crippen molar-refractivity contribution in [2.45, 2.75) is 6.54 Å². The molecule has 0 aliphatic rings. The highest BCUT2D eigenvalue weighted by atomic mass is 19.1. The average Bonchev–Trinajstić information content (AvgIpc) is 2.86. The molecule has 0 aliphatic carbocycles. The highest BCUT2D eigenvalue weighted by Crippen LogP contribution is 2.22. The van der Waals surface area contributed by atoms with Crippen molar-refractivity contribution in [2.75, 3.05) is 0 Å². The summed E-state index contributed by atoms with van der Waals surface area (Å²) in [5.41, 5.74) is 7.93. The van der Waals surface area contributed by atoms with Gasteiger partial charge in [0, 0.05) is 17.5 Å². The third-order valence-electron chi connectivity index (χ3n) is 3.26. The second kappa shape index (κ2) is 5.46. The van der Waals surface area contributed by atoms with E-state index in [1.165, 1.54) is 18.2 Å². The molecule has 3 N–H and O–H groups in total. The van der Waals surface area contributed by atoms with E-state index in [0.29, 0.717) is 16.8 Å². The van der Waals surface area contributed by atoms with Crippen LogP contribution in [0.25, 0.3) is 23.1 Å². The van der Waals surface area contributed by atoms with Gasteiger partial charge in [-0.2, -0.15) is 5.10 Å². The Bertz CT molecular complexity index is 822. The van der Waals surface area contributed by atoms with Crippen LogP contribution in [0.1, 0.15) is 16.8 Å². The lowest BCUT2D eigenvalue weighted by atomic mass is 10.1. The minimum Gasteiger partial charge on any atom is -0.326 e. The Morgan fingerprint density at radius 3 is 2.76 bits per heavy atom. The predicted octanol–water partition coefficient (Wildman–Crippen LogP) is 3.47. The van der Waals surface area contributed by atoms with E-state index in [0.717, 1.165) is 10.9 Å². The van der Waals surface area contributed by atoms with Gasteiger partial charge in [0.05, 0.1) is 11.2 Å². The maximum Gasteiger partial charge on any atom is 0.129 e. The van der Waals surface area contributed by atoms with E-state index in [1.54, 1.807) is 30.4 Å². The molecule has 3 aromatic rings. The Morgan fingerprint density at radius 1 is 1.14 bits per heavy atom. The number of fused-ring (bicyclic) bond motifs is 1. The monoisotopic (exact) mass is 285 g/mol. The summed E-state index contributed by atoms with van der Waals surface area (Å²) < 4.78 is 26.8. The van der Waals surface area contributed by atoms with Gasteiger partial charge in [-0.15, -0.1) is 0 Å². The quantitative estimate of drug-likeness (QED) is 0.774. The lowest BCUT2D eigenvalue weighted by Crippen LogP contribution is -1.99. The Balaban J connectivity index is 2.01. The molecule has 5 heteroatoms. The van der Waals surface area contributed by atoms with Gasteiger partial charge in [0.25, 0.3) is 0 Å². The largest absolute Gasteiger partial charge is 0.326 e. The van der Waals surface area contributed by atoms with E-state index in [4.69, 9.17) is 5.73 Å². The zero-order valence-electron chi connectivity index (χ0n) is 11.1. The summed E-state index contributed by atoms with van der Waals surface area (Å²) in [4.78, 5) is 0.